The van der Waals surface area contributed by atoms with E-state index in [-0.39, 0.29) is 0 Å². The molecule has 0 aromatic heterocycles. The first-order valence-corrected chi connectivity index (χ1v) is 8.56. The first-order valence-electron chi connectivity index (χ1n) is 8.56. The Balaban J connectivity index is 2.17. The molecule has 19 heavy (non-hydrogen) atoms. The summed E-state index contributed by atoms with van der Waals surface area (Å²) in [6.45, 7) is 12.0. The first kappa shape index (κ1) is 17.0. The van der Waals surface area contributed by atoms with Crippen molar-refractivity contribution >= 4 is 0 Å². The summed E-state index contributed by atoms with van der Waals surface area (Å²) in [6, 6.07) is 0.723. The minimum Gasteiger partial charge on any atom is -0.317 e. The van der Waals surface area contributed by atoms with E-state index in [1.165, 1.54) is 51.4 Å². The Kier molecular flexibility index (Phi) is 6.36. The van der Waals surface area contributed by atoms with Crippen molar-refractivity contribution in [2.75, 3.05) is 7.05 Å². The highest BCUT2D eigenvalue weighted by Crippen LogP contribution is 2.69. The third-order valence-electron chi connectivity index (χ3n) is 6.02. The third kappa shape index (κ3) is 3.97. The number of nitrogens with one attached hydrogen (secondary N) is 1. The summed E-state index contributed by atoms with van der Waals surface area (Å²) in [5.74, 6) is 0.852. The van der Waals surface area contributed by atoms with Crippen molar-refractivity contribution in [2.45, 2.75) is 92.0 Å². The maximum absolute atomic E-state index is 3.59. The van der Waals surface area contributed by atoms with Crippen LogP contribution in [0.25, 0.3) is 0 Å². The predicted molar refractivity (Wildman–Crippen MR) is 86.5 cm³/mol. The molecule has 0 amide bonds. The minimum absolute atomic E-state index is 0.516. The Morgan fingerprint density at radius 2 is 1.32 bits per heavy atom. The van der Waals surface area contributed by atoms with Crippen molar-refractivity contribution in [3.05, 3.63) is 0 Å². The summed E-state index contributed by atoms with van der Waals surface area (Å²) in [7, 11) is 2.15. The summed E-state index contributed by atoms with van der Waals surface area (Å²) in [5, 5.41) is 3.59. The molecule has 1 heteroatoms. The molecule has 1 fully saturated rings. The second-order valence-electron chi connectivity index (χ2n) is 7.73. The molecule has 0 bridgehead atoms. The van der Waals surface area contributed by atoms with Crippen molar-refractivity contribution in [3.8, 4) is 0 Å². The minimum atomic E-state index is 0.516. The van der Waals surface area contributed by atoms with Gasteiger partial charge >= 0.3 is 0 Å². The fourth-order valence-corrected chi connectivity index (χ4v) is 4.05. The molecule has 1 aliphatic carbocycles. The Morgan fingerprint density at radius 1 is 0.842 bits per heavy atom. The molecule has 1 saturated carbocycles. The van der Waals surface area contributed by atoms with E-state index < -0.39 is 0 Å². The molecular formula is C18H37N. The SMILES string of the molecule is CCCCCCCCCC(NC)C1C(C)(C)C1(C)C. The van der Waals surface area contributed by atoms with Crippen LogP contribution < -0.4 is 5.32 Å². The van der Waals surface area contributed by atoms with Gasteiger partial charge in [-0.15, -0.1) is 0 Å². The average molecular weight is 268 g/mol. The lowest BCUT2D eigenvalue weighted by atomic mass is 9.97. The van der Waals surface area contributed by atoms with Crippen molar-refractivity contribution in [3.63, 3.8) is 0 Å². The molecule has 0 spiro atoms. The van der Waals surface area contributed by atoms with Gasteiger partial charge in [0, 0.05) is 6.04 Å². The van der Waals surface area contributed by atoms with Gasteiger partial charge < -0.3 is 5.32 Å². The summed E-state index contributed by atoms with van der Waals surface area (Å²) in [5.41, 5.74) is 1.03. The van der Waals surface area contributed by atoms with Crippen LogP contribution in [0.15, 0.2) is 0 Å². The van der Waals surface area contributed by atoms with Gasteiger partial charge in [0.2, 0.25) is 0 Å². The number of hydrogen-bond donors (Lipinski definition) is 1. The second-order valence-corrected chi connectivity index (χ2v) is 7.73. The molecule has 1 N–H and O–H groups in total. The standard InChI is InChI=1S/C18H37N/c1-7-8-9-10-11-12-13-14-15(19-6)16-17(2,3)18(16,4)5/h15-16,19H,7-14H2,1-6H3. The van der Waals surface area contributed by atoms with Gasteiger partial charge in [-0.3, -0.25) is 0 Å². The van der Waals surface area contributed by atoms with Crippen molar-refractivity contribution in [1.29, 1.82) is 0 Å². The van der Waals surface area contributed by atoms with Gasteiger partial charge in [-0.05, 0) is 30.2 Å². The van der Waals surface area contributed by atoms with Gasteiger partial charge in [0.05, 0.1) is 0 Å². The summed E-state index contributed by atoms with van der Waals surface area (Å²) < 4.78 is 0. The zero-order valence-electron chi connectivity index (χ0n) is 14.3. The summed E-state index contributed by atoms with van der Waals surface area (Å²) in [4.78, 5) is 0. The predicted octanol–water partition coefficient (Wildman–Crippen LogP) is 5.40. The van der Waals surface area contributed by atoms with Crippen LogP contribution in [0.2, 0.25) is 0 Å². The zero-order valence-corrected chi connectivity index (χ0v) is 14.3. The van der Waals surface area contributed by atoms with Gasteiger partial charge in [0.1, 0.15) is 0 Å². The summed E-state index contributed by atoms with van der Waals surface area (Å²) in [6.07, 6.45) is 11.3. The van der Waals surface area contributed by atoms with Crippen LogP contribution in [0.4, 0.5) is 0 Å². The van der Waals surface area contributed by atoms with Crippen LogP contribution in [0.1, 0.15) is 86.0 Å². The molecule has 0 aromatic carbocycles. The molecular weight excluding hydrogens is 230 g/mol. The Morgan fingerprint density at radius 3 is 1.74 bits per heavy atom. The Bertz CT molecular complexity index is 240. The van der Waals surface area contributed by atoms with Gasteiger partial charge in [-0.2, -0.15) is 0 Å². The molecule has 1 nitrogen and oxygen atoms in total. The van der Waals surface area contributed by atoms with Gasteiger partial charge in [0.15, 0.2) is 0 Å². The molecule has 114 valence electrons. The first-order chi connectivity index (χ1) is 8.89. The van der Waals surface area contributed by atoms with Crippen LogP contribution in [0.3, 0.4) is 0 Å². The average Bonchev–Trinajstić information content (AvgIpc) is 2.75. The molecule has 1 rings (SSSR count). The highest BCUT2D eigenvalue weighted by atomic mass is 14.9. The second kappa shape index (κ2) is 7.11. The molecule has 0 radical (unpaired) electrons. The fraction of sp³-hybridized carbons (Fsp3) is 1.00. The lowest BCUT2D eigenvalue weighted by Gasteiger charge is -2.18. The van der Waals surface area contributed by atoms with E-state index in [2.05, 4.69) is 47.0 Å². The Labute approximate surface area is 121 Å². The number of unbranched alkanes of at least 4 members (excludes halogenated alkanes) is 6. The monoisotopic (exact) mass is 267 g/mol. The van der Waals surface area contributed by atoms with Crippen LogP contribution >= 0.6 is 0 Å². The Hall–Kier alpha value is -0.0400. The highest BCUT2D eigenvalue weighted by molar-refractivity contribution is 5.16. The van der Waals surface area contributed by atoms with Crippen LogP contribution in [-0.2, 0) is 0 Å². The number of hydrogen-bond acceptors (Lipinski definition) is 1. The van der Waals surface area contributed by atoms with E-state index in [1.54, 1.807) is 0 Å². The van der Waals surface area contributed by atoms with Crippen molar-refractivity contribution in [2.24, 2.45) is 16.7 Å². The molecule has 0 heterocycles. The van der Waals surface area contributed by atoms with E-state index in [9.17, 15) is 0 Å². The van der Waals surface area contributed by atoms with Crippen LogP contribution in [0.5, 0.6) is 0 Å². The van der Waals surface area contributed by atoms with Gasteiger partial charge in [0.25, 0.3) is 0 Å². The smallest absolute Gasteiger partial charge is 0.0103 e. The van der Waals surface area contributed by atoms with E-state index in [0.29, 0.717) is 10.8 Å². The maximum atomic E-state index is 3.59. The fourth-order valence-electron chi connectivity index (χ4n) is 4.05. The molecule has 0 saturated heterocycles. The third-order valence-corrected chi connectivity index (χ3v) is 6.02. The van der Waals surface area contributed by atoms with E-state index >= 15 is 0 Å². The maximum Gasteiger partial charge on any atom is 0.0103 e. The quantitative estimate of drug-likeness (QED) is 0.523. The molecule has 1 unspecified atom stereocenters. The molecule has 1 aliphatic rings. The van der Waals surface area contributed by atoms with Crippen molar-refractivity contribution < 1.29 is 0 Å². The number of rotatable bonds is 10. The molecule has 0 aromatic rings. The molecule has 1 atom stereocenters. The van der Waals surface area contributed by atoms with Crippen molar-refractivity contribution in [1.82, 2.24) is 5.32 Å². The van der Waals surface area contributed by atoms with E-state index in [0.717, 1.165) is 12.0 Å². The van der Waals surface area contributed by atoms with Gasteiger partial charge in [-0.1, -0.05) is 79.6 Å². The zero-order chi connectivity index (χ0) is 14.5. The normalized spacial score (nSPS) is 22.4. The largest absolute Gasteiger partial charge is 0.317 e. The summed E-state index contributed by atoms with van der Waals surface area (Å²) >= 11 is 0. The van der Waals surface area contributed by atoms with E-state index in [4.69, 9.17) is 0 Å². The topological polar surface area (TPSA) is 12.0 Å². The van der Waals surface area contributed by atoms with Crippen LogP contribution in [0, 0.1) is 16.7 Å². The van der Waals surface area contributed by atoms with E-state index in [1.807, 2.05) is 0 Å². The lowest BCUT2D eigenvalue weighted by Crippen LogP contribution is -2.30. The highest BCUT2D eigenvalue weighted by Gasteiger charge is 2.66. The lowest BCUT2D eigenvalue weighted by molar-refractivity contribution is 0.384. The van der Waals surface area contributed by atoms with Crippen LogP contribution in [-0.4, -0.2) is 13.1 Å². The molecule has 0 aliphatic heterocycles. The van der Waals surface area contributed by atoms with Gasteiger partial charge in [-0.25, -0.2) is 0 Å².